The van der Waals surface area contributed by atoms with Gasteiger partial charge in [0.1, 0.15) is 10.8 Å². The van der Waals surface area contributed by atoms with Crippen molar-refractivity contribution in [2.24, 2.45) is 0 Å². The first-order valence-corrected chi connectivity index (χ1v) is 4.03. The van der Waals surface area contributed by atoms with Gasteiger partial charge < -0.3 is 4.84 Å². The van der Waals surface area contributed by atoms with E-state index in [2.05, 4.69) is 10.3 Å². The van der Waals surface area contributed by atoms with E-state index in [9.17, 15) is 13.2 Å². The number of hydroxylamine groups is 1. The average molecular weight is 226 g/mol. The lowest BCUT2D eigenvalue weighted by Gasteiger charge is -2.06. The summed E-state index contributed by atoms with van der Waals surface area (Å²) < 4.78 is 38.6. The molecule has 0 aliphatic carbocycles. The van der Waals surface area contributed by atoms with E-state index in [1.165, 1.54) is 7.11 Å². The Bertz CT molecular complexity index is 346. The van der Waals surface area contributed by atoms with Gasteiger partial charge in [-0.3, -0.25) is 0 Å². The summed E-state index contributed by atoms with van der Waals surface area (Å²) in [4.78, 5) is 4.43. The number of rotatable bonds is 3. The molecule has 0 fully saturated rings. The molecule has 0 heterocycles. The molecule has 1 N–H and O–H groups in total. The molecule has 1 rings (SSSR count). The molecular weight excluding hydrogens is 219 g/mol. The largest absolute Gasteiger partial charge is 0.305 e. The van der Waals surface area contributed by atoms with Gasteiger partial charge in [0.2, 0.25) is 0 Å². The minimum Gasteiger partial charge on any atom is -0.305 e. The monoisotopic (exact) mass is 225 g/mol. The van der Waals surface area contributed by atoms with E-state index in [0.29, 0.717) is 0 Å². The summed E-state index contributed by atoms with van der Waals surface area (Å²) in [6.07, 6.45) is 0. The molecule has 0 aromatic heterocycles. The number of halogens is 4. The van der Waals surface area contributed by atoms with Crippen molar-refractivity contribution >= 4 is 11.6 Å². The Balaban J connectivity index is 3.06. The molecule has 1 aromatic rings. The molecule has 1 aromatic carbocycles. The molecule has 78 valence electrons. The first kappa shape index (κ1) is 11.3. The number of benzene rings is 1. The molecule has 6 heteroatoms. The molecule has 0 spiro atoms. The fourth-order valence-electron chi connectivity index (χ4n) is 0.900. The molecular formula is C8H7ClF3NO. The topological polar surface area (TPSA) is 21.3 Å². The second-order valence-electron chi connectivity index (χ2n) is 2.48. The van der Waals surface area contributed by atoms with Crippen LogP contribution in [0.3, 0.4) is 0 Å². The first-order valence-electron chi connectivity index (χ1n) is 3.65. The van der Waals surface area contributed by atoms with Crippen molar-refractivity contribution in [1.29, 1.82) is 0 Å². The van der Waals surface area contributed by atoms with Gasteiger partial charge in [-0.05, 0) is 6.07 Å². The Morgan fingerprint density at radius 2 is 2.00 bits per heavy atom. The van der Waals surface area contributed by atoms with Crippen LogP contribution in [-0.4, -0.2) is 7.11 Å². The van der Waals surface area contributed by atoms with E-state index in [-0.39, 0.29) is 12.1 Å². The van der Waals surface area contributed by atoms with Crippen LogP contribution in [0.1, 0.15) is 5.56 Å². The van der Waals surface area contributed by atoms with E-state index in [1.54, 1.807) is 0 Å². The van der Waals surface area contributed by atoms with Crippen LogP contribution in [0.15, 0.2) is 6.07 Å². The summed E-state index contributed by atoms with van der Waals surface area (Å²) in [7, 11) is 1.32. The van der Waals surface area contributed by atoms with Crippen LogP contribution in [0.5, 0.6) is 0 Å². The zero-order chi connectivity index (χ0) is 10.7. The van der Waals surface area contributed by atoms with Gasteiger partial charge in [-0.1, -0.05) is 11.6 Å². The van der Waals surface area contributed by atoms with E-state index in [0.717, 1.165) is 6.07 Å². The second-order valence-corrected chi connectivity index (χ2v) is 2.86. The zero-order valence-corrected chi connectivity index (χ0v) is 7.96. The fraction of sp³-hybridized carbons (Fsp3) is 0.250. The summed E-state index contributed by atoms with van der Waals surface area (Å²) in [6.45, 7) is -0.0980. The second kappa shape index (κ2) is 4.63. The minimum atomic E-state index is -1.38. The third-order valence-electron chi connectivity index (χ3n) is 1.58. The van der Waals surface area contributed by atoms with Crippen LogP contribution < -0.4 is 5.48 Å². The average Bonchev–Trinajstić information content (AvgIpc) is 2.18. The van der Waals surface area contributed by atoms with Crippen LogP contribution in [0.4, 0.5) is 13.2 Å². The summed E-state index contributed by atoms with van der Waals surface area (Å²) in [5.41, 5.74) is 2.19. The molecule has 0 bridgehead atoms. The third-order valence-corrected chi connectivity index (χ3v) is 1.92. The van der Waals surface area contributed by atoms with Crippen molar-refractivity contribution in [3.8, 4) is 0 Å². The molecule has 0 saturated heterocycles. The quantitative estimate of drug-likeness (QED) is 0.485. The molecule has 2 nitrogen and oxygen atoms in total. The van der Waals surface area contributed by atoms with Crippen LogP contribution in [-0.2, 0) is 11.4 Å². The lowest BCUT2D eigenvalue weighted by atomic mass is 10.2. The Labute approximate surface area is 83.6 Å². The van der Waals surface area contributed by atoms with E-state index < -0.39 is 22.5 Å². The molecule has 0 aliphatic rings. The Morgan fingerprint density at radius 1 is 1.36 bits per heavy atom. The van der Waals surface area contributed by atoms with E-state index in [4.69, 9.17) is 11.6 Å². The Kier molecular flexibility index (Phi) is 3.74. The molecule has 0 radical (unpaired) electrons. The van der Waals surface area contributed by atoms with Crippen LogP contribution in [0, 0.1) is 17.5 Å². The lowest BCUT2D eigenvalue weighted by molar-refractivity contribution is 0.0858. The molecule has 0 atom stereocenters. The van der Waals surface area contributed by atoms with Gasteiger partial charge >= 0.3 is 0 Å². The van der Waals surface area contributed by atoms with Gasteiger partial charge in [0, 0.05) is 12.1 Å². The maximum absolute atomic E-state index is 13.1. The van der Waals surface area contributed by atoms with Gasteiger partial charge in [0.05, 0.1) is 7.11 Å². The van der Waals surface area contributed by atoms with Crippen LogP contribution in [0.2, 0.25) is 5.02 Å². The zero-order valence-electron chi connectivity index (χ0n) is 7.20. The molecule has 0 amide bonds. The van der Waals surface area contributed by atoms with Gasteiger partial charge in [-0.15, -0.1) is 0 Å². The van der Waals surface area contributed by atoms with E-state index >= 15 is 0 Å². The van der Waals surface area contributed by atoms with Crippen molar-refractivity contribution in [3.05, 3.63) is 34.1 Å². The summed E-state index contributed by atoms with van der Waals surface area (Å²) in [6, 6.07) is 0.725. The first-order chi connectivity index (χ1) is 6.57. The van der Waals surface area contributed by atoms with Crippen molar-refractivity contribution < 1.29 is 18.0 Å². The highest BCUT2D eigenvalue weighted by atomic mass is 35.5. The SMILES string of the molecule is CONCc1cc(F)c(F)c(Cl)c1F. The predicted octanol–water partition coefficient (Wildman–Crippen LogP) is 2.41. The van der Waals surface area contributed by atoms with Crippen LogP contribution in [0.25, 0.3) is 0 Å². The van der Waals surface area contributed by atoms with Gasteiger partial charge in [0.15, 0.2) is 11.6 Å². The summed E-state index contributed by atoms with van der Waals surface area (Å²) >= 11 is 5.21. The Morgan fingerprint density at radius 3 is 2.57 bits per heavy atom. The maximum atomic E-state index is 13.1. The standard InChI is InChI=1S/C8H7ClF3NO/c1-14-13-3-4-2-5(10)8(12)6(9)7(4)11/h2,13H,3H2,1H3. The highest BCUT2D eigenvalue weighted by molar-refractivity contribution is 6.30. The lowest BCUT2D eigenvalue weighted by Crippen LogP contribution is -2.13. The van der Waals surface area contributed by atoms with Gasteiger partial charge in [-0.25, -0.2) is 13.2 Å². The third kappa shape index (κ3) is 2.17. The molecule has 14 heavy (non-hydrogen) atoms. The smallest absolute Gasteiger partial charge is 0.180 e. The molecule has 0 aliphatic heterocycles. The summed E-state index contributed by atoms with van der Waals surface area (Å²) in [5, 5.41) is -0.849. The summed E-state index contributed by atoms with van der Waals surface area (Å²) in [5.74, 6) is -3.57. The number of nitrogens with one attached hydrogen (secondary N) is 1. The van der Waals surface area contributed by atoms with Crippen molar-refractivity contribution in [1.82, 2.24) is 5.48 Å². The van der Waals surface area contributed by atoms with Gasteiger partial charge in [0.25, 0.3) is 0 Å². The van der Waals surface area contributed by atoms with E-state index in [1.807, 2.05) is 0 Å². The van der Waals surface area contributed by atoms with Crippen LogP contribution >= 0.6 is 11.6 Å². The Hall–Kier alpha value is -0.780. The van der Waals surface area contributed by atoms with Crippen molar-refractivity contribution in [2.45, 2.75) is 6.54 Å². The number of hydrogen-bond acceptors (Lipinski definition) is 2. The normalized spacial score (nSPS) is 10.6. The maximum Gasteiger partial charge on any atom is 0.180 e. The van der Waals surface area contributed by atoms with Crippen molar-refractivity contribution in [2.75, 3.05) is 7.11 Å². The minimum absolute atomic E-state index is 0.0980. The highest BCUT2D eigenvalue weighted by Crippen LogP contribution is 2.24. The highest BCUT2D eigenvalue weighted by Gasteiger charge is 2.16. The van der Waals surface area contributed by atoms with Gasteiger partial charge in [-0.2, -0.15) is 5.48 Å². The fourth-order valence-corrected chi connectivity index (χ4v) is 1.11. The number of hydrogen-bond donors (Lipinski definition) is 1. The van der Waals surface area contributed by atoms with Crippen molar-refractivity contribution in [3.63, 3.8) is 0 Å². The molecule has 0 saturated carbocycles. The molecule has 0 unspecified atom stereocenters. The predicted molar refractivity (Wildman–Crippen MR) is 45.2 cm³/mol.